The van der Waals surface area contributed by atoms with Crippen molar-refractivity contribution in [1.82, 2.24) is 14.5 Å². The number of methoxy groups -OCH3 is 1. The molecule has 2 aromatic carbocycles. The molecule has 0 saturated carbocycles. The lowest BCUT2D eigenvalue weighted by atomic mass is 10.1. The summed E-state index contributed by atoms with van der Waals surface area (Å²) >= 11 is 0. The standard InChI is InChI=1S/C23H29N5O4S/c1-4-5-12-25-20-14-17(23(29)31-3)15-21(22(20)32-19-9-7-6-8-10-19)33(24,30)26-16-18-11-13-28(2)27-18/h6-11,13-15,25H,4-5,12,16H2,1-3H3,(H2,24,26,30). The highest BCUT2D eigenvalue weighted by Gasteiger charge is 2.24. The Morgan fingerprint density at radius 2 is 1.97 bits per heavy atom. The molecule has 3 N–H and O–H groups in total. The maximum absolute atomic E-state index is 13.6. The molecule has 3 aromatic rings. The summed E-state index contributed by atoms with van der Waals surface area (Å²) in [5, 5.41) is 7.51. The highest BCUT2D eigenvalue weighted by molar-refractivity contribution is 7.90. The van der Waals surface area contributed by atoms with E-state index >= 15 is 0 Å². The van der Waals surface area contributed by atoms with E-state index < -0.39 is 15.9 Å². The van der Waals surface area contributed by atoms with Gasteiger partial charge in [-0.2, -0.15) is 5.10 Å². The summed E-state index contributed by atoms with van der Waals surface area (Å²) in [6.07, 6.45) is 3.61. The molecule has 0 bridgehead atoms. The van der Waals surface area contributed by atoms with Gasteiger partial charge >= 0.3 is 5.97 Å². The summed E-state index contributed by atoms with van der Waals surface area (Å²) in [7, 11) is -0.534. The van der Waals surface area contributed by atoms with Crippen LogP contribution in [0.4, 0.5) is 5.69 Å². The van der Waals surface area contributed by atoms with Crippen molar-refractivity contribution in [3.8, 4) is 11.5 Å². The van der Waals surface area contributed by atoms with Gasteiger partial charge in [-0.3, -0.25) is 4.68 Å². The molecule has 1 aromatic heterocycles. The number of anilines is 1. The average Bonchev–Trinajstić information content (AvgIpc) is 3.24. The highest BCUT2D eigenvalue weighted by Crippen LogP contribution is 2.38. The number of carbonyl (C=O) groups excluding carboxylic acids is 1. The number of rotatable bonds is 11. The number of carbonyl (C=O) groups is 1. The third kappa shape index (κ3) is 6.33. The number of benzene rings is 2. The third-order valence-electron chi connectivity index (χ3n) is 4.82. The average molecular weight is 472 g/mol. The lowest BCUT2D eigenvalue weighted by Gasteiger charge is -2.20. The Hall–Kier alpha value is -3.37. The van der Waals surface area contributed by atoms with Crippen LogP contribution in [-0.4, -0.2) is 33.6 Å². The monoisotopic (exact) mass is 471 g/mol. The number of aromatic nitrogens is 2. The first-order valence-electron chi connectivity index (χ1n) is 10.6. The summed E-state index contributed by atoms with van der Waals surface area (Å²) in [6, 6.07) is 13.8. The van der Waals surface area contributed by atoms with Crippen LogP contribution in [0.5, 0.6) is 11.5 Å². The van der Waals surface area contributed by atoms with Crippen LogP contribution in [0.2, 0.25) is 0 Å². The third-order valence-corrected chi connectivity index (χ3v) is 6.29. The number of hydrogen-bond donors (Lipinski definition) is 3. The van der Waals surface area contributed by atoms with Crippen LogP contribution in [0.15, 0.2) is 59.6 Å². The van der Waals surface area contributed by atoms with Crippen LogP contribution < -0.4 is 14.8 Å². The number of ether oxygens (including phenoxy) is 2. The van der Waals surface area contributed by atoms with E-state index in [1.165, 1.54) is 13.2 Å². The molecule has 0 aliphatic heterocycles. The number of nitrogens with zero attached hydrogens (tertiary/aromatic N) is 2. The first-order valence-corrected chi connectivity index (χ1v) is 12.1. The zero-order valence-corrected chi connectivity index (χ0v) is 19.8. The van der Waals surface area contributed by atoms with Crippen molar-refractivity contribution in [2.24, 2.45) is 7.05 Å². The Morgan fingerprint density at radius 3 is 2.61 bits per heavy atom. The minimum atomic E-state index is -3.59. The number of aryl methyl sites for hydroxylation is 1. The van der Waals surface area contributed by atoms with Gasteiger partial charge in [-0.25, -0.2) is 18.5 Å². The molecule has 1 unspecified atom stereocenters. The molecule has 33 heavy (non-hydrogen) atoms. The van der Waals surface area contributed by atoms with Gasteiger partial charge in [0, 0.05) is 19.8 Å². The first kappa shape index (κ1) is 24.3. The predicted octanol–water partition coefficient (Wildman–Crippen LogP) is 4.32. The van der Waals surface area contributed by atoms with E-state index in [0.29, 0.717) is 23.7 Å². The predicted molar refractivity (Wildman–Crippen MR) is 127 cm³/mol. The van der Waals surface area contributed by atoms with Crippen molar-refractivity contribution in [1.29, 1.82) is 4.78 Å². The number of esters is 1. The van der Waals surface area contributed by atoms with Crippen molar-refractivity contribution >= 4 is 21.6 Å². The molecule has 0 fully saturated rings. The fourth-order valence-electron chi connectivity index (χ4n) is 3.11. The van der Waals surface area contributed by atoms with Gasteiger partial charge in [0.05, 0.1) is 30.6 Å². The molecule has 10 heteroatoms. The molecular formula is C23H29N5O4S. The van der Waals surface area contributed by atoms with E-state index in [4.69, 9.17) is 14.3 Å². The lowest BCUT2D eigenvalue weighted by molar-refractivity contribution is 0.0600. The molecule has 3 rings (SSSR count). The molecule has 176 valence electrons. The number of unbranched alkanes of at least 4 members (excludes halogenated alkanes) is 1. The molecule has 0 aliphatic rings. The quantitative estimate of drug-likeness (QED) is 0.283. The highest BCUT2D eigenvalue weighted by atomic mass is 32.2. The largest absolute Gasteiger partial charge is 0.465 e. The Morgan fingerprint density at radius 1 is 1.21 bits per heavy atom. The molecule has 0 amide bonds. The molecule has 0 radical (unpaired) electrons. The molecule has 0 spiro atoms. The van der Waals surface area contributed by atoms with Crippen molar-refractivity contribution in [2.75, 3.05) is 19.0 Å². The van der Waals surface area contributed by atoms with Gasteiger partial charge in [0.1, 0.15) is 20.6 Å². The summed E-state index contributed by atoms with van der Waals surface area (Å²) in [4.78, 5) is 12.4. The summed E-state index contributed by atoms with van der Waals surface area (Å²) < 4.78 is 37.6. The number of para-hydroxylation sites is 1. The molecule has 1 heterocycles. The Balaban J connectivity index is 2.08. The fraction of sp³-hybridized carbons (Fsp3) is 0.304. The second kappa shape index (κ2) is 11.0. The van der Waals surface area contributed by atoms with Gasteiger partial charge in [0.25, 0.3) is 0 Å². The maximum atomic E-state index is 13.6. The molecule has 1 atom stereocenters. The van der Waals surface area contributed by atoms with Crippen molar-refractivity contribution in [2.45, 2.75) is 31.2 Å². The van der Waals surface area contributed by atoms with Gasteiger partial charge in [-0.15, -0.1) is 0 Å². The number of nitrogens with one attached hydrogen (secondary N) is 3. The van der Waals surface area contributed by atoms with E-state index in [1.807, 2.05) is 18.2 Å². The smallest absolute Gasteiger partial charge is 0.337 e. The topological polar surface area (TPSA) is 118 Å². The Kier molecular flexibility index (Phi) is 8.07. The van der Waals surface area contributed by atoms with E-state index in [0.717, 1.165) is 12.8 Å². The van der Waals surface area contributed by atoms with Crippen LogP contribution in [0, 0.1) is 4.78 Å². The van der Waals surface area contributed by atoms with Crippen molar-refractivity contribution in [3.05, 3.63) is 66.0 Å². The normalized spacial score (nSPS) is 12.7. The van der Waals surface area contributed by atoms with Gasteiger partial charge in [0.15, 0.2) is 5.75 Å². The van der Waals surface area contributed by atoms with Gasteiger partial charge in [0.2, 0.25) is 0 Å². The van der Waals surface area contributed by atoms with Crippen LogP contribution in [0.1, 0.15) is 35.8 Å². The summed E-state index contributed by atoms with van der Waals surface area (Å²) in [5.74, 6) is 0.141. The van der Waals surface area contributed by atoms with Crippen molar-refractivity contribution < 1.29 is 18.5 Å². The van der Waals surface area contributed by atoms with Crippen LogP contribution >= 0.6 is 0 Å². The molecule has 0 aliphatic carbocycles. The molecular weight excluding hydrogens is 442 g/mol. The van der Waals surface area contributed by atoms with Crippen LogP contribution in [-0.2, 0) is 28.2 Å². The minimum Gasteiger partial charge on any atom is -0.465 e. The summed E-state index contributed by atoms with van der Waals surface area (Å²) in [6.45, 7) is 2.79. The van der Waals surface area contributed by atoms with Gasteiger partial charge in [-0.05, 0) is 36.8 Å². The van der Waals surface area contributed by atoms with Gasteiger partial charge in [-0.1, -0.05) is 31.5 Å². The van der Waals surface area contributed by atoms with E-state index in [-0.39, 0.29) is 22.8 Å². The Labute approximate surface area is 194 Å². The zero-order valence-electron chi connectivity index (χ0n) is 19.0. The van der Waals surface area contributed by atoms with Crippen LogP contribution in [0.3, 0.4) is 0 Å². The molecule has 0 saturated heterocycles. The second-order valence-corrected chi connectivity index (χ2v) is 9.24. The minimum absolute atomic E-state index is 0.0455. The van der Waals surface area contributed by atoms with E-state index in [9.17, 15) is 9.00 Å². The molecule has 9 nitrogen and oxygen atoms in total. The first-order chi connectivity index (χ1) is 15.8. The van der Waals surface area contributed by atoms with E-state index in [1.54, 1.807) is 42.2 Å². The second-order valence-electron chi connectivity index (χ2n) is 7.40. The van der Waals surface area contributed by atoms with Gasteiger partial charge < -0.3 is 14.8 Å². The van der Waals surface area contributed by atoms with Crippen LogP contribution in [0.25, 0.3) is 0 Å². The van der Waals surface area contributed by atoms with Crippen molar-refractivity contribution in [3.63, 3.8) is 0 Å². The lowest BCUT2D eigenvalue weighted by Crippen LogP contribution is -2.24. The number of hydrogen-bond acceptors (Lipinski definition) is 7. The SMILES string of the molecule is CCCCNc1cc(C(=O)OC)cc(S(=N)(=O)NCc2ccn(C)n2)c1Oc1ccccc1. The summed E-state index contributed by atoms with van der Waals surface area (Å²) in [5.41, 5.74) is 1.27. The van der Waals surface area contributed by atoms with E-state index in [2.05, 4.69) is 22.1 Å². The zero-order chi connectivity index (χ0) is 23.8. The maximum Gasteiger partial charge on any atom is 0.337 e. The Bertz CT molecular complexity index is 1190. The fourth-order valence-corrected chi connectivity index (χ4v) is 4.32.